The standard InChI is InChI=1S/C29H56NO.BrH/c1-4-7-8-9-10-11-12-13-14-15-18-30(5-2,6-3)19-16-17-29(31)27-21-25-20-26(23-27)24-28(29)22-25;/h25-28,31H,4-24H2,1-3H3;1H/q+1;/p-1. The lowest BCUT2D eigenvalue weighted by Crippen LogP contribution is -3.00. The predicted molar refractivity (Wildman–Crippen MR) is 134 cm³/mol. The van der Waals surface area contributed by atoms with Crippen LogP contribution in [0.1, 0.15) is 130 Å². The number of hydrogen-bond donors (Lipinski definition) is 1. The average Bonchev–Trinajstić information content (AvgIpc) is 2.77. The minimum atomic E-state index is -0.304. The molecule has 0 amide bonds. The van der Waals surface area contributed by atoms with Crippen LogP contribution >= 0.6 is 0 Å². The molecule has 4 aliphatic rings. The van der Waals surface area contributed by atoms with Crippen molar-refractivity contribution in [2.75, 3.05) is 26.2 Å². The Labute approximate surface area is 211 Å². The summed E-state index contributed by atoms with van der Waals surface area (Å²) in [5, 5.41) is 11.7. The van der Waals surface area contributed by atoms with E-state index < -0.39 is 0 Å². The maximum Gasteiger partial charge on any atom is 0.0787 e. The van der Waals surface area contributed by atoms with Crippen molar-refractivity contribution in [1.82, 2.24) is 0 Å². The monoisotopic (exact) mass is 513 g/mol. The molecule has 190 valence electrons. The first-order valence-electron chi connectivity index (χ1n) is 14.6. The zero-order valence-electron chi connectivity index (χ0n) is 21.9. The molecule has 2 nitrogen and oxygen atoms in total. The number of rotatable bonds is 17. The molecule has 0 saturated heterocycles. The molecule has 0 aromatic heterocycles. The summed E-state index contributed by atoms with van der Waals surface area (Å²) in [5.74, 6) is 3.19. The van der Waals surface area contributed by atoms with Crippen molar-refractivity contribution in [3.63, 3.8) is 0 Å². The second-order valence-electron chi connectivity index (χ2n) is 12.0. The van der Waals surface area contributed by atoms with Crippen LogP contribution in [0.2, 0.25) is 0 Å². The van der Waals surface area contributed by atoms with Crippen LogP contribution in [-0.4, -0.2) is 41.4 Å². The van der Waals surface area contributed by atoms with Gasteiger partial charge in [0.25, 0.3) is 0 Å². The number of quaternary nitrogens is 1. The first-order chi connectivity index (χ1) is 15.0. The first-order valence-corrected chi connectivity index (χ1v) is 14.6. The summed E-state index contributed by atoms with van der Waals surface area (Å²) < 4.78 is 1.29. The van der Waals surface area contributed by atoms with E-state index in [1.165, 1.54) is 133 Å². The molecule has 0 spiro atoms. The molecule has 4 rings (SSSR count). The molecule has 0 aliphatic heterocycles. The van der Waals surface area contributed by atoms with Gasteiger partial charge in [0.1, 0.15) is 0 Å². The van der Waals surface area contributed by atoms with Crippen LogP contribution in [-0.2, 0) is 0 Å². The van der Waals surface area contributed by atoms with E-state index in [1.807, 2.05) is 0 Å². The van der Waals surface area contributed by atoms with E-state index in [-0.39, 0.29) is 22.6 Å². The zero-order chi connectivity index (χ0) is 22.2. The Morgan fingerprint density at radius 3 is 1.53 bits per heavy atom. The van der Waals surface area contributed by atoms with Crippen LogP contribution in [0.4, 0.5) is 0 Å². The van der Waals surface area contributed by atoms with E-state index >= 15 is 0 Å². The van der Waals surface area contributed by atoms with E-state index in [0.717, 1.165) is 18.3 Å². The Kier molecular flexibility index (Phi) is 12.6. The highest BCUT2D eigenvalue weighted by Crippen LogP contribution is 2.59. The van der Waals surface area contributed by atoms with Crippen LogP contribution < -0.4 is 17.0 Å². The quantitative estimate of drug-likeness (QED) is 0.220. The molecule has 0 aromatic carbocycles. The Morgan fingerprint density at radius 2 is 1.06 bits per heavy atom. The fraction of sp³-hybridized carbons (Fsp3) is 1.00. The predicted octanol–water partition coefficient (Wildman–Crippen LogP) is 4.74. The van der Waals surface area contributed by atoms with E-state index in [9.17, 15) is 5.11 Å². The Balaban J connectivity index is 0.00000363. The normalized spacial score (nSPS) is 31.1. The highest BCUT2D eigenvalue weighted by Gasteiger charge is 2.56. The van der Waals surface area contributed by atoms with Gasteiger partial charge >= 0.3 is 0 Å². The second kappa shape index (κ2) is 14.1. The van der Waals surface area contributed by atoms with Gasteiger partial charge in [0.15, 0.2) is 0 Å². The Bertz CT molecular complexity index is 475. The number of hydrogen-bond acceptors (Lipinski definition) is 1. The van der Waals surface area contributed by atoms with Gasteiger partial charge in [0.2, 0.25) is 0 Å². The molecule has 0 aromatic rings. The lowest BCUT2D eigenvalue weighted by Gasteiger charge is -2.59. The van der Waals surface area contributed by atoms with Gasteiger partial charge in [-0.2, -0.15) is 0 Å². The summed E-state index contributed by atoms with van der Waals surface area (Å²) in [6.07, 6.45) is 23.4. The first kappa shape index (κ1) is 28.6. The summed E-state index contributed by atoms with van der Waals surface area (Å²) in [4.78, 5) is 0. The molecule has 32 heavy (non-hydrogen) atoms. The molecule has 0 radical (unpaired) electrons. The van der Waals surface area contributed by atoms with Gasteiger partial charge in [-0.05, 0) is 95.3 Å². The van der Waals surface area contributed by atoms with Crippen LogP contribution in [0.5, 0.6) is 0 Å². The maximum atomic E-state index is 11.7. The minimum absolute atomic E-state index is 0. The van der Waals surface area contributed by atoms with E-state index in [1.54, 1.807) is 0 Å². The third-order valence-electron chi connectivity index (χ3n) is 10.1. The average molecular weight is 515 g/mol. The van der Waals surface area contributed by atoms with Crippen LogP contribution in [0, 0.1) is 23.7 Å². The van der Waals surface area contributed by atoms with Crippen molar-refractivity contribution in [1.29, 1.82) is 0 Å². The summed E-state index contributed by atoms with van der Waals surface area (Å²) in [6.45, 7) is 12.3. The van der Waals surface area contributed by atoms with Crippen molar-refractivity contribution >= 4 is 0 Å². The molecular weight excluding hydrogens is 458 g/mol. The van der Waals surface area contributed by atoms with Gasteiger partial charge in [-0.3, -0.25) is 0 Å². The number of unbranched alkanes of at least 4 members (excludes halogenated alkanes) is 9. The Hall–Kier alpha value is 0.400. The lowest BCUT2D eigenvalue weighted by atomic mass is 9.49. The van der Waals surface area contributed by atoms with Crippen molar-refractivity contribution < 1.29 is 26.6 Å². The fourth-order valence-electron chi connectivity index (χ4n) is 8.01. The van der Waals surface area contributed by atoms with Gasteiger partial charge in [0, 0.05) is 0 Å². The van der Waals surface area contributed by atoms with Crippen molar-refractivity contribution in [2.45, 2.75) is 136 Å². The third kappa shape index (κ3) is 7.45. The van der Waals surface area contributed by atoms with E-state index in [4.69, 9.17) is 0 Å². The van der Waals surface area contributed by atoms with Gasteiger partial charge < -0.3 is 26.6 Å². The molecule has 0 heterocycles. The van der Waals surface area contributed by atoms with Crippen LogP contribution in [0.25, 0.3) is 0 Å². The smallest absolute Gasteiger partial charge is 0.0787 e. The van der Waals surface area contributed by atoms with Gasteiger partial charge in [-0.15, -0.1) is 0 Å². The van der Waals surface area contributed by atoms with Crippen molar-refractivity contribution in [3.8, 4) is 0 Å². The lowest BCUT2D eigenvalue weighted by molar-refractivity contribution is -0.925. The molecule has 4 fully saturated rings. The van der Waals surface area contributed by atoms with Crippen LogP contribution in [0.15, 0.2) is 0 Å². The number of aliphatic hydroxyl groups is 1. The van der Waals surface area contributed by atoms with Crippen molar-refractivity contribution in [3.05, 3.63) is 0 Å². The molecule has 0 unspecified atom stereocenters. The third-order valence-corrected chi connectivity index (χ3v) is 10.1. The summed E-state index contributed by atoms with van der Waals surface area (Å²) >= 11 is 0. The number of nitrogens with zero attached hydrogens (tertiary/aromatic N) is 1. The van der Waals surface area contributed by atoms with Crippen molar-refractivity contribution in [2.24, 2.45) is 23.7 Å². The highest BCUT2D eigenvalue weighted by atomic mass is 79.9. The Morgan fingerprint density at radius 1 is 0.625 bits per heavy atom. The summed E-state index contributed by atoms with van der Waals surface area (Å²) in [5.41, 5.74) is -0.304. The SMILES string of the molecule is CCCCCCCCCCCC[N+](CC)(CC)CCCC1(O)C2CC3CC(C2)CC1C3.[Br-]. The van der Waals surface area contributed by atoms with Gasteiger partial charge in [-0.1, -0.05) is 58.3 Å². The molecule has 3 heteroatoms. The molecule has 4 aliphatic carbocycles. The van der Waals surface area contributed by atoms with Crippen LogP contribution in [0.3, 0.4) is 0 Å². The fourth-order valence-corrected chi connectivity index (χ4v) is 8.01. The number of halogens is 1. The molecule has 0 atom stereocenters. The van der Waals surface area contributed by atoms with Gasteiger partial charge in [-0.25, -0.2) is 0 Å². The minimum Gasteiger partial charge on any atom is -1.00 e. The zero-order valence-corrected chi connectivity index (χ0v) is 23.5. The summed E-state index contributed by atoms with van der Waals surface area (Å²) in [7, 11) is 0. The topological polar surface area (TPSA) is 20.2 Å². The molecule has 1 N–H and O–H groups in total. The molecular formula is C29H56BrNO. The van der Waals surface area contributed by atoms with E-state index in [0.29, 0.717) is 11.8 Å². The largest absolute Gasteiger partial charge is 1.00 e. The molecule has 4 saturated carbocycles. The van der Waals surface area contributed by atoms with E-state index in [2.05, 4.69) is 20.8 Å². The summed E-state index contributed by atoms with van der Waals surface area (Å²) in [6, 6.07) is 0. The highest BCUT2D eigenvalue weighted by molar-refractivity contribution is 5.06. The maximum absolute atomic E-state index is 11.7. The molecule has 4 bridgehead atoms. The second-order valence-corrected chi connectivity index (χ2v) is 12.0. The van der Waals surface area contributed by atoms with Gasteiger partial charge in [0.05, 0.1) is 31.8 Å².